The van der Waals surface area contributed by atoms with Gasteiger partial charge in [-0.05, 0) is 12.2 Å². The lowest BCUT2D eigenvalue weighted by molar-refractivity contribution is 0.493. The average Bonchev–Trinajstić information content (AvgIpc) is 1.98. The van der Waals surface area contributed by atoms with Crippen LogP contribution in [0.5, 0.6) is 0 Å². The minimum atomic E-state index is -2.82. The first-order chi connectivity index (χ1) is 5.62. The maximum absolute atomic E-state index is 11.3. The Bertz CT molecular complexity index is 150. The standard InChI is InChI=1S/C8H19O2PS/c1-3-5-6-7-8-11(9,10)12-4-2/h3-8H2,1-2H3,(H,9,10). The fraction of sp³-hybridized carbons (Fsp3) is 1.00. The van der Waals surface area contributed by atoms with E-state index in [1.807, 2.05) is 6.92 Å². The highest BCUT2D eigenvalue weighted by Crippen LogP contribution is 2.54. The molecule has 2 nitrogen and oxygen atoms in total. The molecule has 0 aromatic heterocycles. The van der Waals surface area contributed by atoms with E-state index in [0.717, 1.165) is 18.6 Å². The molecule has 4 heteroatoms. The normalized spacial score (nSPS) is 15.9. The van der Waals surface area contributed by atoms with E-state index in [1.165, 1.54) is 24.2 Å². The first-order valence-corrected chi connectivity index (χ1v) is 8.02. The molecule has 0 radical (unpaired) electrons. The van der Waals surface area contributed by atoms with Crippen molar-refractivity contribution in [3.05, 3.63) is 0 Å². The van der Waals surface area contributed by atoms with E-state index in [4.69, 9.17) is 0 Å². The molecule has 0 rings (SSSR count). The fourth-order valence-corrected chi connectivity index (χ4v) is 4.15. The lowest BCUT2D eigenvalue weighted by Crippen LogP contribution is -1.86. The molecule has 0 fully saturated rings. The molecular formula is C8H19O2PS. The summed E-state index contributed by atoms with van der Waals surface area (Å²) in [6, 6.07) is 0. The smallest absolute Gasteiger partial charge is 0.255 e. The Kier molecular flexibility index (Phi) is 7.31. The van der Waals surface area contributed by atoms with Crippen LogP contribution in [0.15, 0.2) is 0 Å². The van der Waals surface area contributed by atoms with Crippen LogP contribution in [0.4, 0.5) is 0 Å². The first kappa shape index (κ1) is 12.5. The summed E-state index contributed by atoms with van der Waals surface area (Å²) in [7, 11) is 0. The highest BCUT2D eigenvalue weighted by Gasteiger charge is 2.16. The number of hydrogen-bond donors (Lipinski definition) is 1. The molecule has 1 unspecified atom stereocenters. The molecule has 0 aliphatic heterocycles. The van der Waals surface area contributed by atoms with Crippen LogP contribution < -0.4 is 0 Å². The second-order valence-corrected chi connectivity index (χ2v) is 7.88. The molecule has 0 saturated carbocycles. The average molecular weight is 210 g/mol. The van der Waals surface area contributed by atoms with Gasteiger partial charge in [0.25, 0.3) is 6.57 Å². The third-order valence-electron chi connectivity index (χ3n) is 1.63. The zero-order valence-electron chi connectivity index (χ0n) is 7.95. The molecule has 0 bridgehead atoms. The summed E-state index contributed by atoms with van der Waals surface area (Å²) in [4.78, 5) is 9.33. The summed E-state index contributed by atoms with van der Waals surface area (Å²) in [5, 5.41) is 0. The van der Waals surface area contributed by atoms with Crippen LogP contribution in [-0.2, 0) is 4.57 Å². The van der Waals surface area contributed by atoms with E-state index in [-0.39, 0.29) is 0 Å². The van der Waals surface area contributed by atoms with Gasteiger partial charge in [0, 0.05) is 6.16 Å². The van der Waals surface area contributed by atoms with E-state index in [2.05, 4.69) is 6.92 Å². The van der Waals surface area contributed by atoms with E-state index < -0.39 is 6.57 Å². The number of unbranched alkanes of at least 4 members (excludes halogenated alkanes) is 3. The molecule has 0 saturated heterocycles. The predicted molar refractivity (Wildman–Crippen MR) is 57.0 cm³/mol. The second kappa shape index (κ2) is 6.99. The zero-order chi connectivity index (χ0) is 9.45. The molecule has 0 spiro atoms. The lowest BCUT2D eigenvalue weighted by atomic mass is 10.2. The topological polar surface area (TPSA) is 37.3 Å². The van der Waals surface area contributed by atoms with Crippen LogP contribution in [-0.4, -0.2) is 16.8 Å². The Morgan fingerprint density at radius 3 is 2.42 bits per heavy atom. The molecule has 0 heterocycles. The molecule has 12 heavy (non-hydrogen) atoms. The zero-order valence-corrected chi connectivity index (χ0v) is 9.66. The minimum Gasteiger partial charge on any atom is -0.337 e. The van der Waals surface area contributed by atoms with E-state index in [1.54, 1.807) is 0 Å². The van der Waals surface area contributed by atoms with E-state index in [9.17, 15) is 9.46 Å². The second-order valence-electron chi connectivity index (χ2n) is 2.84. The SMILES string of the molecule is CCCCCCP(=O)(O)SCC. The molecule has 0 aliphatic carbocycles. The maximum Gasteiger partial charge on any atom is 0.255 e. The Balaban J connectivity index is 3.41. The first-order valence-electron chi connectivity index (χ1n) is 4.58. The fourth-order valence-electron chi connectivity index (χ4n) is 1.00. The number of rotatable bonds is 7. The molecule has 74 valence electrons. The monoisotopic (exact) mass is 210 g/mol. The van der Waals surface area contributed by atoms with Gasteiger partial charge in [-0.1, -0.05) is 44.5 Å². The van der Waals surface area contributed by atoms with Crippen molar-refractivity contribution in [2.45, 2.75) is 39.5 Å². The van der Waals surface area contributed by atoms with Gasteiger partial charge >= 0.3 is 0 Å². The Labute approximate surface area is 79.3 Å². The molecule has 0 aliphatic rings. The highest BCUT2D eigenvalue weighted by atomic mass is 32.7. The maximum atomic E-state index is 11.3. The third kappa shape index (κ3) is 7.20. The van der Waals surface area contributed by atoms with Gasteiger partial charge in [-0.2, -0.15) is 0 Å². The summed E-state index contributed by atoms with van der Waals surface area (Å²) in [5.74, 6) is 0.738. The van der Waals surface area contributed by atoms with Gasteiger partial charge in [0.2, 0.25) is 0 Å². The third-order valence-corrected chi connectivity index (χ3v) is 5.70. The minimum absolute atomic E-state index is 0.492. The molecule has 0 aromatic carbocycles. The van der Waals surface area contributed by atoms with Gasteiger partial charge in [0.05, 0.1) is 0 Å². The van der Waals surface area contributed by atoms with Crippen molar-refractivity contribution in [3.63, 3.8) is 0 Å². The molecule has 0 aromatic rings. The van der Waals surface area contributed by atoms with Crippen molar-refractivity contribution in [1.82, 2.24) is 0 Å². The highest BCUT2D eigenvalue weighted by molar-refractivity contribution is 8.56. The summed E-state index contributed by atoms with van der Waals surface area (Å²) in [5.41, 5.74) is 0. The van der Waals surface area contributed by atoms with E-state index in [0.29, 0.717) is 6.16 Å². The number of hydrogen-bond acceptors (Lipinski definition) is 2. The summed E-state index contributed by atoms with van der Waals surface area (Å²) >= 11 is 1.20. The summed E-state index contributed by atoms with van der Waals surface area (Å²) in [6.07, 6.45) is 4.83. The molecular weight excluding hydrogens is 191 g/mol. The Hall–Kier alpha value is 0.540. The van der Waals surface area contributed by atoms with Crippen molar-refractivity contribution >= 4 is 18.0 Å². The van der Waals surface area contributed by atoms with Crippen LogP contribution >= 0.6 is 18.0 Å². The van der Waals surface area contributed by atoms with Gasteiger partial charge < -0.3 is 4.89 Å². The molecule has 1 atom stereocenters. The lowest BCUT2D eigenvalue weighted by Gasteiger charge is -2.08. The summed E-state index contributed by atoms with van der Waals surface area (Å²) in [6.45, 7) is 1.24. The van der Waals surface area contributed by atoms with Gasteiger partial charge in [-0.25, -0.2) is 0 Å². The van der Waals surface area contributed by atoms with Crippen LogP contribution in [0.1, 0.15) is 39.5 Å². The van der Waals surface area contributed by atoms with Crippen LogP contribution in [0, 0.1) is 0 Å². The van der Waals surface area contributed by atoms with Crippen LogP contribution in [0.25, 0.3) is 0 Å². The Morgan fingerprint density at radius 1 is 1.25 bits per heavy atom. The Morgan fingerprint density at radius 2 is 1.92 bits per heavy atom. The van der Waals surface area contributed by atoms with Crippen molar-refractivity contribution < 1.29 is 9.46 Å². The van der Waals surface area contributed by atoms with Crippen LogP contribution in [0.2, 0.25) is 0 Å². The van der Waals surface area contributed by atoms with Gasteiger partial charge in [0.15, 0.2) is 0 Å². The van der Waals surface area contributed by atoms with Crippen molar-refractivity contribution in [3.8, 4) is 0 Å². The van der Waals surface area contributed by atoms with Gasteiger partial charge in [-0.15, -0.1) is 0 Å². The largest absolute Gasteiger partial charge is 0.337 e. The van der Waals surface area contributed by atoms with Gasteiger partial charge in [-0.3, -0.25) is 4.57 Å². The molecule has 1 N–H and O–H groups in total. The molecule has 0 amide bonds. The summed E-state index contributed by atoms with van der Waals surface area (Å²) < 4.78 is 11.3. The quantitative estimate of drug-likeness (QED) is 0.516. The van der Waals surface area contributed by atoms with E-state index >= 15 is 0 Å². The van der Waals surface area contributed by atoms with Crippen molar-refractivity contribution in [2.75, 3.05) is 11.9 Å². The van der Waals surface area contributed by atoms with Crippen molar-refractivity contribution in [2.24, 2.45) is 0 Å². The van der Waals surface area contributed by atoms with Crippen molar-refractivity contribution in [1.29, 1.82) is 0 Å². The predicted octanol–water partition coefficient (Wildman–Crippen LogP) is 3.51. The van der Waals surface area contributed by atoms with Crippen LogP contribution in [0.3, 0.4) is 0 Å². The van der Waals surface area contributed by atoms with Gasteiger partial charge in [0.1, 0.15) is 0 Å².